The number of amides is 2. The van der Waals surface area contributed by atoms with Crippen LogP contribution in [-0.2, 0) is 11.3 Å². The van der Waals surface area contributed by atoms with Crippen LogP contribution in [0.15, 0.2) is 48.7 Å². The first-order chi connectivity index (χ1) is 16.7. The van der Waals surface area contributed by atoms with Crippen molar-refractivity contribution in [2.75, 3.05) is 18.6 Å². The van der Waals surface area contributed by atoms with Gasteiger partial charge in [-0.05, 0) is 24.3 Å². The maximum absolute atomic E-state index is 15.0. The summed E-state index contributed by atoms with van der Waals surface area (Å²) in [5.41, 5.74) is -0.244. The summed E-state index contributed by atoms with van der Waals surface area (Å²) in [6.45, 7) is -0.944. The molecule has 0 radical (unpaired) electrons. The van der Waals surface area contributed by atoms with Crippen LogP contribution >= 0.6 is 11.6 Å². The molecule has 1 aliphatic heterocycles. The summed E-state index contributed by atoms with van der Waals surface area (Å²) in [7, 11) is 1.25. The molecule has 2 aromatic carbocycles. The molecule has 1 saturated heterocycles. The van der Waals surface area contributed by atoms with Gasteiger partial charge in [0, 0.05) is 53.0 Å². The molecule has 2 heterocycles. The van der Waals surface area contributed by atoms with Crippen molar-refractivity contribution < 1.29 is 31.9 Å². The number of methoxy groups -OCH3 is 1. The molecule has 1 unspecified atom stereocenters. The van der Waals surface area contributed by atoms with Crippen molar-refractivity contribution in [2.24, 2.45) is 0 Å². The highest BCUT2D eigenvalue weighted by molar-refractivity contribution is 6.30. The average molecular weight is 511 g/mol. The summed E-state index contributed by atoms with van der Waals surface area (Å²) >= 11 is 5.85. The highest BCUT2D eigenvalue weighted by Crippen LogP contribution is 2.36. The van der Waals surface area contributed by atoms with Crippen molar-refractivity contribution in [1.82, 2.24) is 15.1 Å². The van der Waals surface area contributed by atoms with E-state index in [4.69, 9.17) is 16.3 Å². The molecule has 2 atom stereocenters. The fraction of sp³-hybridized carbons (Fsp3) is 0.261. The SMILES string of the molecule is COc1cc(F)c([C@@H]2CN(c3ccn(CC(F)F)n3)C(=O)C2NC(=O)c2ccc(Cl)cc2)c(F)c1. The lowest BCUT2D eigenvalue weighted by molar-refractivity contribution is -0.118. The third kappa shape index (κ3) is 5.09. The number of hydrogen-bond donors (Lipinski definition) is 1. The number of nitrogens with zero attached hydrogens (tertiary/aromatic N) is 3. The standard InChI is InChI=1S/C23H19ClF4N4O3/c1-35-14-8-16(25)20(17(26)9-14)15-10-32(19-6-7-31(30-19)11-18(27)28)23(34)21(15)29-22(33)12-2-4-13(24)5-3-12/h2-9,15,18,21H,10-11H2,1H3,(H,29,33)/t15-,21?/m0/s1. The van der Waals surface area contributed by atoms with Crippen molar-refractivity contribution in [3.8, 4) is 5.75 Å². The molecule has 2 amide bonds. The van der Waals surface area contributed by atoms with Crippen LogP contribution in [0.1, 0.15) is 21.8 Å². The second kappa shape index (κ2) is 9.95. The average Bonchev–Trinajstić information content (AvgIpc) is 3.38. The summed E-state index contributed by atoms with van der Waals surface area (Å²) in [4.78, 5) is 27.2. The van der Waals surface area contributed by atoms with Gasteiger partial charge in [-0.25, -0.2) is 17.6 Å². The second-order valence-corrected chi connectivity index (χ2v) is 8.24. The molecule has 0 bridgehead atoms. The number of halogens is 5. The summed E-state index contributed by atoms with van der Waals surface area (Å²) in [6.07, 6.45) is -1.41. The predicted octanol–water partition coefficient (Wildman–Crippen LogP) is 4.02. The van der Waals surface area contributed by atoms with Gasteiger partial charge < -0.3 is 10.1 Å². The number of anilines is 1. The first-order valence-corrected chi connectivity index (χ1v) is 10.8. The Labute approximate surface area is 202 Å². The first-order valence-electron chi connectivity index (χ1n) is 10.4. The Bertz CT molecular complexity index is 1230. The molecular weight excluding hydrogens is 492 g/mol. The maximum Gasteiger partial charge on any atom is 0.257 e. The molecule has 0 aliphatic carbocycles. The zero-order valence-electron chi connectivity index (χ0n) is 18.2. The van der Waals surface area contributed by atoms with Crippen LogP contribution in [0.2, 0.25) is 5.02 Å². The van der Waals surface area contributed by atoms with E-state index in [2.05, 4.69) is 10.4 Å². The van der Waals surface area contributed by atoms with Gasteiger partial charge >= 0.3 is 0 Å². The van der Waals surface area contributed by atoms with Gasteiger partial charge in [0.25, 0.3) is 18.2 Å². The Hall–Kier alpha value is -3.60. The molecule has 184 valence electrons. The molecule has 1 N–H and O–H groups in total. The second-order valence-electron chi connectivity index (χ2n) is 7.81. The third-order valence-corrected chi connectivity index (χ3v) is 5.85. The van der Waals surface area contributed by atoms with Gasteiger partial charge in [0.05, 0.1) is 7.11 Å². The zero-order chi connectivity index (χ0) is 25.3. The van der Waals surface area contributed by atoms with E-state index in [1.165, 1.54) is 43.6 Å². The minimum Gasteiger partial charge on any atom is -0.497 e. The van der Waals surface area contributed by atoms with Gasteiger partial charge in [0.2, 0.25) is 0 Å². The molecule has 0 spiro atoms. The maximum atomic E-state index is 15.0. The number of carbonyl (C=O) groups is 2. The quantitative estimate of drug-likeness (QED) is 0.487. The third-order valence-electron chi connectivity index (χ3n) is 5.59. The molecule has 3 aromatic rings. The van der Waals surface area contributed by atoms with E-state index < -0.39 is 53.9 Å². The van der Waals surface area contributed by atoms with E-state index in [1.54, 1.807) is 0 Å². The summed E-state index contributed by atoms with van der Waals surface area (Å²) in [5, 5.41) is 6.91. The van der Waals surface area contributed by atoms with Gasteiger partial charge in [-0.3, -0.25) is 19.2 Å². The molecule has 35 heavy (non-hydrogen) atoms. The Balaban J connectivity index is 1.70. The number of aromatic nitrogens is 2. The monoisotopic (exact) mass is 510 g/mol. The molecule has 0 saturated carbocycles. The number of hydrogen-bond acceptors (Lipinski definition) is 4. The van der Waals surface area contributed by atoms with Gasteiger partial charge in [0.1, 0.15) is 30.0 Å². The van der Waals surface area contributed by atoms with Crippen molar-refractivity contribution in [2.45, 2.75) is 24.9 Å². The smallest absolute Gasteiger partial charge is 0.257 e. The van der Waals surface area contributed by atoms with Gasteiger partial charge in [-0.2, -0.15) is 5.10 Å². The van der Waals surface area contributed by atoms with Crippen LogP contribution in [0, 0.1) is 11.6 Å². The van der Waals surface area contributed by atoms with Gasteiger partial charge in [-0.1, -0.05) is 11.6 Å². The molecule has 1 aliphatic rings. The van der Waals surface area contributed by atoms with Crippen LogP contribution in [0.3, 0.4) is 0 Å². The number of alkyl halides is 2. The predicted molar refractivity (Wildman–Crippen MR) is 119 cm³/mol. The Kier molecular flexibility index (Phi) is 6.97. The zero-order valence-corrected chi connectivity index (χ0v) is 19.0. The van der Waals surface area contributed by atoms with Crippen LogP contribution < -0.4 is 15.0 Å². The lowest BCUT2D eigenvalue weighted by Gasteiger charge is -2.20. The topological polar surface area (TPSA) is 76.5 Å². The Morgan fingerprint density at radius 3 is 2.46 bits per heavy atom. The molecule has 7 nitrogen and oxygen atoms in total. The Morgan fingerprint density at radius 2 is 1.86 bits per heavy atom. The number of carbonyl (C=O) groups excluding carboxylic acids is 2. The largest absolute Gasteiger partial charge is 0.497 e. The fourth-order valence-corrected chi connectivity index (χ4v) is 4.08. The van der Waals surface area contributed by atoms with E-state index in [-0.39, 0.29) is 23.7 Å². The summed E-state index contributed by atoms with van der Waals surface area (Å²) in [5.74, 6) is -4.48. The normalized spacial score (nSPS) is 17.8. The van der Waals surface area contributed by atoms with Crippen molar-refractivity contribution >= 4 is 29.2 Å². The minimum absolute atomic E-state index is 0.0122. The van der Waals surface area contributed by atoms with E-state index >= 15 is 0 Å². The van der Waals surface area contributed by atoms with Crippen molar-refractivity contribution in [3.05, 3.63) is 76.4 Å². The van der Waals surface area contributed by atoms with Crippen molar-refractivity contribution in [1.29, 1.82) is 0 Å². The van der Waals surface area contributed by atoms with Crippen LogP contribution in [0.5, 0.6) is 5.75 Å². The van der Waals surface area contributed by atoms with E-state index in [1.807, 2.05) is 0 Å². The van der Waals surface area contributed by atoms with E-state index in [0.29, 0.717) is 5.02 Å². The van der Waals surface area contributed by atoms with Crippen LogP contribution in [-0.4, -0.2) is 47.7 Å². The fourth-order valence-electron chi connectivity index (χ4n) is 3.96. The lowest BCUT2D eigenvalue weighted by atomic mass is 9.92. The van der Waals surface area contributed by atoms with Crippen LogP contribution in [0.4, 0.5) is 23.4 Å². The Morgan fingerprint density at radius 1 is 1.20 bits per heavy atom. The number of benzene rings is 2. The van der Waals surface area contributed by atoms with E-state index in [0.717, 1.165) is 21.7 Å². The summed E-state index contributed by atoms with van der Waals surface area (Å²) in [6, 6.07) is 7.75. The lowest BCUT2D eigenvalue weighted by Crippen LogP contribution is -2.44. The molecule has 12 heteroatoms. The van der Waals surface area contributed by atoms with Gasteiger partial charge in [-0.15, -0.1) is 0 Å². The summed E-state index contributed by atoms with van der Waals surface area (Å²) < 4.78 is 61.2. The van der Waals surface area contributed by atoms with Gasteiger partial charge in [0.15, 0.2) is 5.82 Å². The number of nitrogens with one attached hydrogen (secondary N) is 1. The highest BCUT2D eigenvalue weighted by Gasteiger charge is 2.45. The molecule has 1 aromatic heterocycles. The molecular formula is C23H19ClF4N4O3. The van der Waals surface area contributed by atoms with E-state index in [9.17, 15) is 27.2 Å². The highest BCUT2D eigenvalue weighted by atomic mass is 35.5. The number of ether oxygens (including phenoxy) is 1. The first kappa shape index (κ1) is 24.5. The molecule has 1 fully saturated rings. The number of rotatable bonds is 7. The minimum atomic E-state index is -2.67. The molecule has 4 rings (SSSR count). The van der Waals surface area contributed by atoms with Crippen molar-refractivity contribution in [3.63, 3.8) is 0 Å². The van der Waals surface area contributed by atoms with Crippen LogP contribution in [0.25, 0.3) is 0 Å².